The maximum Gasteiger partial charge on any atom is 0.237 e. The molecule has 2 amide bonds. The molecule has 0 bridgehead atoms. The Bertz CT molecular complexity index is 837. The van der Waals surface area contributed by atoms with E-state index in [4.69, 9.17) is 0 Å². The van der Waals surface area contributed by atoms with Gasteiger partial charge in [0.25, 0.3) is 0 Å². The third-order valence-corrected chi connectivity index (χ3v) is 6.05. The Balaban J connectivity index is 1.66. The van der Waals surface area contributed by atoms with Gasteiger partial charge in [-0.05, 0) is 31.9 Å². The van der Waals surface area contributed by atoms with Crippen molar-refractivity contribution in [1.29, 1.82) is 0 Å². The van der Waals surface area contributed by atoms with Crippen LogP contribution in [-0.4, -0.2) is 33.3 Å². The smallest absolute Gasteiger partial charge is 0.237 e. The number of amides is 2. The normalized spacial score (nSPS) is 14.7. The number of rotatable bonds is 7. The first-order chi connectivity index (χ1) is 12.9. The van der Waals surface area contributed by atoms with Gasteiger partial charge in [0.15, 0.2) is 4.34 Å². The van der Waals surface area contributed by atoms with E-state index in [9.17, 15) is 18.4 Å². The van der Waals surface area contributed by atoms with Crippen LogP contribution in [0.15, 0.2) is 22.5 Å². The minimum Gasteiger partial charge on any atom is -0.320 e. The van der Waals surface area contributed by atoms with Gasteiger partial charge in [-0.25, -0.2) is 8.78 Å². The van der Waals surface area contributed by atoms with Gasteiger partial charge in [0, 0.05) is 12.5 Å². The second-order valence-electron chi connectivity index (χ2n) is 6.05. The van der Waals surface area contributed by atoms with E-state index in [1.54, 1.807) is 18.7 Å². The van der Waals surface area contributed by atoms with E-state index in [1.165, 1.54) is 17.4 Å². The summed E-state index contributed by atoms with van der Waals surface area (Å²) in [5.74, 6) is -2.23. The van der Waals surface area contributed by atoms with E-state index >= 15 is 0 Å². The lowest BCUT2D eigenvalue weighted by molar-refractivity contribution is -0.118. The highest BCUT2D eigenvalue weighted by atomic mass is 32.2. The molecule has 0 unspecified atom stereocenters. The molecule has 6 nitrogen and oxygen atoms in total. The molecule has 1 aliphatic rings. The van der Waals surface area contributed by atoms with Crippen molar-refractivity contribution in [3.05, 3.63) is 29.8 Å². The van der Waals surface area contributed by atoms with Crippen molar-refractivity contribution >= 4 is 45.7 Å². The molecule has 1 aromatic heterocycles. The van der Waals surface area contributed by atoms with Crippen molar-refractivity contribution < 1.29 is 18.4 Å². The van der Waals surface area contributed by atoms with Crippen LogP contribution in [0.1, 0.15) is 33.1 Å². The molecule has 0 radical (unpaired) electrons. The predicted molar refractivity (Wildman–Crippen MR) is 101 cm³/mol. The number of benzene rings is 1. The lowest BCUT2D eigenvalue weighted by Crippen LogP contribution is -2.32. The number of thioether (sulfide) groups is 1. The summed E-state index contributed by atoms with van der Waals surface area (Å²) in [6, 6.07) is 3.55. The van der Waals surface area contributed by atoms with Gasteiger partial charge in [-0.15, -0.1) is 10.2 Å². The fraction of sp³-hybridized carbons (Fsp3) is 0.412. The van der Waals surface area contributed by atoms with Crippen molar-refractivity contribution in [3.8, 4) is 0 Å². The minimum absolute atomic E-state index is 0.00832. The topological polar surface area (TPSA) is 75.2 Å². The Morgan fingerprint density at radius 2 is 2.00 bits per heavy atom. The summed E-state index contributed by atoms with van der Waals surface area (Å²) < 4.78 is 27.8. The number of nitrogens with zero attached hydrogens (tertiary/aromatic N) is 3. The van der Waals surface area contributed by atoms with Crippen LogP contribution in [0, 0.1) is 11.6 Å². The first-order valence-electron chi connectivity index (χ1n) is 8.47. The molecule has 0 aliphatic heterocycles. The van der Waals surface area contributed by atoms with Crippen LogP contribution in [0.2, 0.25) is 0 Å². The first kappa shape index (κ1) is 19.7. The second kappa shape index (κ2) is 8.30. The Morgan fingerprint density at radius 1 is 1.33 bits per heavy atom. The van der Waals surface area contributed by atoms with E-state index in [0.29, 0.717) is 15.9 Å². The number of anilines is 2. The van der Waals surface area contributed by atoms with Crippen LogP contribution in [0.3, 0.4) is 0 Å². The number of carbonyl (C=O) groups is 2. The van der Waals surface area contributed by atoms with E-state index in [1.807, 2.05) is 0 Å². The summed E-state index contributed by atoms with van der Waals surface area (Å²) >= 11 is 2.35. The van der Waals surface area contributed by atoms with Gasteiger partial charge in [-0.1, -0.05) is 36.1 Å². The summed E-state index contributed by atoms with van der Waals surface area (Å²) in [7, 11) is 0. The molecule has 1 saturated carbocycles. The van der Waals surface area contributed by atoms with Gasteiger partial charge in [0.1, 0.15) is 17.3 Å². The standard InChI is InChI=1S/C17H18F2N4O2S2/c1-3-13(24)23(10-7-8-10)16-21-22-17(27-16)26-9(2)15(25)20-14-11(18)5-4-6-12(14)19/h4-6,9-10H,3,7-8H2,1-2H3,(H,20,25)/t9-/m0/s1. The highest BCUT2D eigenvalue weighted by molar-refractivity contribution is 8.02. The Labute approximate surface area is 163 Å². The summed E-state index contributed by atoms with van der Waals surface area (Å²) in [6.45, 7) is 3.40. The SMILES string of the molecule is CCC(=O)N(c1nnc(S[C@@H](C)C(=O)Nc2c(F)cccc2F)s1)C1CC1. The number of hydrogen-bond donors (Lipinski definition) is 1. The molecule has 2 aromatic rings. The second-order valence-corrected chi connectivity index (χ2v) is 8.59. The van der Waals surface area contributed by atoms with Crippen molar-refractivity contribution in [2.45, 2.75) is 48.7 Å². The van der Waals surface area contributed by atoms with Crippen molar-refractivity contribution in [2.75, 3.05) is 10.2 Å². The molecule has 27 heavy (non-hydrogen) atoms. The third kappa shape index (κ3) is 4.62. The summed E-state index contributed by atoms with van der Waals surface area (Å²) in [5, 5.41) is 10.2. The molecule has 1 aliphatic carbocycles. The molecular formula is C17H18F2N4O2S2. The highest BCUT2D eigenvalue weighted by Crippen LogP contribution is 2.37. The molecule has 1 N–H and O–H groups in total. The first-order valence-corrected chi connectivity index (χ1v) is 10.2. The number of halogens is 2. The average molecular weight is 412 g/mol. The van der Waals surface area contributed by atoms with Gasteiger partial charge < -0.3 is 5.32 Å². The fourth-order valence-electron chi connectivity index (χ4n) is 2.36. The quantitative estimate of drug-likeness (QED) is 0.552. The fourth-order valence-corrected chi connectivity index (χ4v) is 4.44. The number of aromatic nitrogens is 2. The molecule has 144 valence electrons. The summed E-state index contributed by atoms with van der Waals surface area (Å²) in [6.07, 6.45) is 2.27. The Hall–Kier alpha value is -2.07. The molecule has 0 saturated heterocycles. The largest absolute Gasteiger partial charge is 0.320 e. The van der Waals surface area contributed by atoms with E-state index in [2.05, 4.69) is 15.5 Å². The monoisotopic (exact) mass is 412 g/mol. The maximum absolute atomic E-state index is 13.7. The van der Waals surface area contributed by atoms with Crippen molar-refractivity contribution in [2.24, 2.45) is 0 Å². The Kier molecular flexibility index (Phi) is 6.05. The molecular weight excluding hydrogens is 394 g/mol. The van der Waals surface area contributed by atoms with E-state index < -0.39 is 28.5 Å². The zero-order valence-corrected chi connectivity index (χ0v) is 16.4. The van der Waals surface area contributed by atoms with Gasteiger partial charge in [0.2, 0.25) is 16.9 Å². The van der Waals surface area contributed by atoms with Gasteiger partial charge in [-0.2, -0.15) is 0 Å². The van der Waals surface area contributed by atoms with Gasteiger partial charge >= 0.3 is 0 Å². The molecule has 0 spiro atoms. The molecule has 1 aromatic carbocycles. The van der Waals surface area contributed by atoms with Crippen molar-refractivity contribution in [1.82, 2.24) is 10.2 Å². The third-order valence-electron chi connectivity index (χ3n) is 3.94. The highest BCUT2D eigenvalue weighted by Gasteiger charge is 2.35. The number of nitrogens with one attached hydrogen (secondary N) is 1. The van der Waals surface area contributed by atoms with Crippen LogP contribution in [0.4, 0.5) is 19.6 Å². The van der Waals surface area contributed by atoms with Gasteiger partial charge in [-0.3, -0.25) is 14.5 Å². The zero-order chi connectivity index (χ0) is 19.6. The van der Waals surface area contributed by atoms with Crippen molar-refractivity contribution in [3.63, 3.8) is 0 Å². The van der Waals surface area contributed by atoms with Crippen LogP contribution >= 0.6 is 23.1 Å². The number of para-hydroxylation sites is 1. The summed E-state index contributed by atoms with van der Waals surface area (Å²) in [4.78, 5) is 26.1. The van der Waals surface area contributed by atoms with E-state index in [0.717, 1.165) is 36.7 Å². The van der Waals surface area contributed by atoms with Crippen LogP contribution < -0.4 is 10.2 Å². The van der Waals surface area contributed by atoms with E-state index in [-0.39, 0.29) is 11.9 Å². The zero-order valence-electron chi connectivity index (χ0n) is 14.7. The number of carbonyl (C=O) groups excluding carboxylic acids is 2. The predicted octanol–water partition coefficient (Wildman–Crippen LogP) is 3.84. The van der Waals surface area contributed by atoms with Crippen LogP contribution in [-0.2, 0) is 9.59 Å². The molecule has 1 heterocycles. The molecule has 1 atom stereocenters. The van der Waals surface area contributed by atoms with Crippen LogP contribution in [0.5, 0.6) is 0 Å². The Morgan fingerprint density at radius 3 is 2.59 bits per heavy atom. The maximum atomic E-state index is 13.7. The van der Waals surface area contributed by atoms with Gasteiger partial charge in [0.05, 0.1) is 5.25 Å². The lowest BCUT2D eigenvalue weighted by atomic mass is 10.3. The average Bonchev–Trinajstić information content (AvgIpc) is 3.37. The minimum atomic E-state index is -0.836. The lowest BCUT2D eigenvalue weighted by Gasteiger charge is -2.17. The molecule has 3 rings (SSSR count). The van der Waals surface area contributed by atoms with Crippen LogP contribution in [0.25, 0.3) is 0 Å². The molecule has 10 heteroatoms. The molecule has 1 fully saturated rings. The summed E-state index contributed by atoms with van der Waals surface area (Å²) in [5.41, 5.74) is -0.471. The number of hydrogen-bond acceptors (Lipinski definition) is 6.